The molecule has 0 saturated heterocycles. The van der Waals surface area contributed by atoms with E-state index in [0.717, 1.165) is 25.7 Å². The Morgan fingerprint density at radius 1 is 1.38 bits per heavy atom. The average molecular weight is 331 g/mol. The minimum absolute atomic E-state index is 0.0473. The highest BCUT2D eigenvalue weighted by molar-refractivity contribution is 6.41. The number of pyridine rings is 1. The van der Waals surface area contributed by atoms with Crippen LogP contribution in [0.15, 0.2) is 12.3 Å². The maximum absolute atomic E-state index is 12.6. The highest BCUT2D eigenvalue weighted by Gasteiger charge is 2.29. The monoisotopic (exact) mass is 330 g/mol. The van der Waals surface area contributed by atoms with E-state index in [-0.39, 0.29) is 28.7 Å². The maximum atomic E-state index is 12.6. The van der Waals surface area contributed by atoms with Crippen molar-refractivity contribution < 1.29 is 14.3 Å². The Labute approximate surface area is 133 Å². The summed E-state index contributed by atoms with van der Waals surface area (Å²) in [5.74, 6) is -0.721. The smallest absolute Gasteiger partial charge is 0.325 e. The van der Waals surface area contributed by atoms with Gasteiger partial charge in [0.2, 0.25) is 0 Å². The maximum Gasteiger partial charge on any atom is 0.325 e. The van der Waals surface area contributed by atoms with Crippen LogP contribution < -0.4 is 0 Å². The van der Waals surface area contributed by atoms with Crippen LogP contribution in [0.1, 0.15) is 36.0 Å². The zero-order valence-corrected chi connectivity index (χ0v) is 13.2. The second-order valence-corrected chi connectivity index (χ2v) is 5.71. The summed E-state index contributed by atoms with van der Waals surface area (Å²) in [5, 5.41) is 0.362. The van der Waals surface area contributed by atoms with Crippen LogP contribution in [0.25, 0.3) is 0 Å². The largest absolute Gasteiger partial charge is 0.468 e. The van der Waals surface area contributed by atoms with Gasteiger partial charge in [0.1, 0.15) is 11.7 Å². The fourth-order valence-corrected chi connectivity index (χ4v) is 2.76. The highest BCUT2D eigenvalue weighted by atomic mass is 35.5. The normalized spacial score (nSPS) is 15.0. The van der Waals surface area contributed by atoms with Gasteiger partial charge in [0.05, 0.1) is 17.7 Å². The van der Waals surface area contributed by atoms with Crippen molar-refractivity contribution in [1.29, 1.82) is 0 Å². The summed E-state index contributed by atoms with van der Waals surface area (Å²) in [6.07, 6.45) is 5.25. The van der Waals surface area contributed by atoms with Gasteiger partial charge in [0.15, 0.2) is 0 Å². The van der Waals surface area contributed by atoms with Gasteiger partial charge in [0, 0.05) is 12.2 Å². The Hall–Kier alpha value is -1.33. The molecule has 21 heavy (non-hydrogen) atoms. The Morgan fingerprint density at radius 2 is 2.05 bits per heavy atom. The van der Waals surface area contributed by atoms with E-state index in [0.29, 0.717) is 5.56 Å². The summed E-state index contributed by atoms with van der Waals surface area (Å²) in [7, 11) is 1.31. The van der Waals surface area contributed by atoms with Crippen LogP contribution in [0.5, 0.6) is 0 Å². The van der Waals surface area contributed by atoms with Crippen LogP contribution in [0, 0.1) is 0 Å². The first kappa shape index (κ1) is 16.0. The van der Waals surface area contributed by atoms with Crippen molar-refractivity contribution in [2.24, 2.45) is 0 Å². The van der Waals surface area contributed by atoms with Crippen molar-refractivity contribution in [3.63, 3.8) is 0 Å². The lowest BCUT2D eigenvalue weighted by Crippen LogP contribution is -2.42. The van der Waals surface area contributed by atoms with Gasteiger partial charge in [0.25, 0.3) is 5.91 Å². The van der Waals surface area contributed by atoms with Gasteiger partial charge in [-0.25, -0.2) is 4.98 Å². The van der Waals surface area contributed by atoms with Gasteiger partial charge in [-0.2, -0.15) is 0 Å². The fraction of sp³-hybridized carbons (Fsp3) is 0.500. The number of halogens is 2. The molecule has 0 aromatic carbocycles. The quantitative estimate of drug-likeness (QED) is 0.629. The molecule has 1 aromatic rings. The van der Waals surface area contributed by atoms with Gasteiger partial charge < -0.3 is 9.64 Å². The third-order valence-corrected chi connectivity index (χ3v) is 4.28. The molecule has 1 amide bonds. The first-order chi connectivity index (χ1) is 10.0. The van der Waals surface area contributed by atoms with Crippen LogP contribution in [-0.2, 0) is 9.53 Å². The molecular formula is C14H16Cl2N2O3. The van der Waals surface area contributed by atoms with Crippen LogP contribution in [0.4, 0.5) is 0 Å². The third kappa shape index (κ3) is 3.86. The Morgan fingerprint density at radius 3 is 2.62 bits per heavy atom. The molecular weight excluding hydrogens is 315 g/mol. The summed E-state index contributed by atoms with van der Waals surface area (Å²) < 4.78 is 4.67. The molecule has 2 rings (SSSR count). The number of carbonyl (C=O) groups excluding carboxylic acids is 2. The SMILES string of the molecule is COC(=O)CN(C(=O)c1cnc(Cl)c(Cl)c1)C1CCCC1. The molecule has 0 radical (unpaired) electrons. The zero-order valence-electron chi connectivity index (χ0n) is 11.6. The summed E-state index contributed by atoms with van der Waals surface area (Å²) in [6.45, 7) is -0.0692. The van der Waals surface area contributed by atoms with Gasteiger partial charge >= 0.3 is 5.97 Å². The van der Waals surface area contributed by atoms with Gasteiger partial charge in [-0.3, -0.25) is 9.59 Å². The van der Waals surface area contributed by atoms with Crippen LogP contribution in [0.3, 0.4) is 0 Å². The lowest BCUT2D eigenvalue weighted by Gasteiger charge is -2.27. The minimum Gasteiger partial charge on any atom is -0.468 e. The molecule has 114 valence electrons. The van der Waals surface area contributed by atoms with Crippen molar-refractivity contribution in [3.8, 4) is 0 Å². The lowest BCUT2D eigenvalue weighted by atomic mass is 10.1. The second-order valence-electron chi connectivity index (χ2n) is 4.94. The number of hydrogen-bond donors (Lipinski definition) is 0. The van der Waals surface area contributed by atoms with Crippen LogP contribution in [-0.4, -0.2) is 41.5 Å². The van der Waals surface area contributed by atoms with Gasteiger partial charge in [-0.1, -0.05) is 36.0 Å². The molecule has 1 heterocycles. The predicted molar refractivity (Wildman–Crippen MR) is 79.6 cm³/mol. The molecule has 0 atom stereocenters. The number of amides is 1. The van der Waals surface area contributed by atoms with Crippen LogP contribution >= 0.6 is 23.2 Å². The molecule has 1 fully saturated rings. The second kappa shape index (κ2) is 7.09. The van der Waals surface area contributed by atoms with Crippen molar-refractivity contribution in [1.82, 2.24) is 9.88 Å². The van der Waals surface area contributed by atoms with Crippen LogP contribution in [0.2, 0.25) is 10.2 Å². The number of carbonyl (C=O) groups is 2. The number of nitrogens with zero attached hydrogens (tertiary/aromatic N) is 2. The molecule has 1 aromatic heterocycles. The van der Waals surface area contributed by atoms with Gasteiger partial charge in [-0.05, 0) is 18.9 Å². The van der Waals surface area contributed by atoms with Gasteiger partial charge in [-0.15, -0.1) is 0 Å². The molecule has 1 aliphatic carbocycles. The number of methoxy groups -OCH3 is 1. The lowest BCUT2D eigenvalue weighted by molar-refractivity contribution is -0.141. The first-order valence-electron chi connectivity index (χ1n) is 6.71. The van der Waals surface area contributed by atoms with E-state index in [1.54, 1.807) is 4.90 Å². The van der Waals surface area contributed by atoms with Crippen molar-refractivity contribution in [2.75, 3.05) is 13.7 Å². The van der Waals surface area contributed by atoms with Crippen molar-refractivity contribution in [2.45, 2.75) is 31.7 Å². The average Bonchev–Trinajstić information content (AvgIpc) is 3.00. The van der Waals surface area contributed by atoms with E-state index >= 15 is 0 Å². The van der Waals surface area contributed by atoms with E-state index in [1.807, 2.05) is 0 Å². The van der Waals surface area contributed by atoms with Crippen molar-refractivity contribution in [3.05, 3.63) is 28.0 Å². The number of aromatic nitrogens is 1. The van der Waals surface area contributed by atoms with E-state index in [1.165, 1.54) is 19.4 Å². The van der Waals surface area contributed by atoms with E-state index in [2.05, 4.69) is 9.72 Å². The summed E-state index contributed by atoms with van der Waals surface area (Å²) >= 11 is 11.7. The number of hydrogen-bond acceptors (Lipinski definition) is 4. The molecule has 0 N–H and O–H groups in total. The number of esters is 1. The molecule has 5 nitrogen and oxygen atoms in total. The summed E-state index contributed by atoms with van der Waals surface area (Å²) in [6, 6.07) is 1.52. The zero-order chi connectivity index (χ0) is 15.4. The molecule has 1 aliphatic rings. The van der Waals surface area contributed by atoms with Crippen molar-refractivity contribution >= 4 is 35.1 Å². The Balaban J connectivity index is 2.23. The van der Waals surface area contributed by atoms with E-state index in [9.17, 15) is 9.59 Å². The highest BCUT2D eigenvalue weighted by Crippen LogP contribution is 2.26. The first-order valence-corrected chi connectivity index (χ1v) is 7.47. The topological polar surface area (TPSA) is 59.5 Å². The molecule has 0 unspecified atom stereocenters. The molecule has 0 aliphatic heterocycles. The molecule has 0 spiro atoms. The standard InChI is InChI=1S/C14H16Cl2N2O3/c1-21-12(19)8-18(10-4-2-3-5-10)14(20)9-6-11(15)13(16)17-7-9/h6-7,10H,2-5,8H2,1H3. The molecule has 7 heteroatoms. The number of ether oxygens (including phenoxy) is 1. The summed E-state index contributed by atoms with van der Waals surface area (Å²) in [5.41, 5.74) is 0.320. The fourth-order valence-electron chi connectivity index (χ4n) is 2.49. The molecule has 1 saturated carbocycles. The molecule has 0 bridgehead atoms. The van der Waals surface area contributed by atoms with E-state index < -0.39 is 5.97 Å². The summed E-state index contributed by atoms with van der Waals surface area (Å²) in [4.78, 5) is 29.6. The predicted octanol–water partition coefficient (Wildman–Crippen LogP) is 2.95. The van der Waals surface area contributed by atoms with E-state index in [4.69, 9.17) is 23.2 Å². The third-order valence-electron chi connectivity index (χ3n) is 3.60. The minimum atomic E-state index is -0.441. The Bertz CT molecular complexity index is 545. The Kier molecular flexibility index (Phi) is 5.42. The number of rotatable bonds is 4.